The summed E-state index contributed by atoms with van der Waals surface area (Å²) in [5.41, 5.74) is 6.99. The summed E-state index contributed by atoms with van der Waals surface area (Å²) in [4.78, 5) is 18.5. The summed E-state index contributed by atoms with van der Waals surface area (Å²) < 4.78 is 0.875. The summed E-state index contributed by atoms with van der Waals surface area (Å²) in [6.07, 6.45) is 21.8. The number of aliphatic imine (C=N–C) groups is 4. The van der Waals surface area contributed by atoms with Crippen molar-refractivity contribution in [3.63, 3.8) is 0 Å². The van der Waals surface area contributed by atoms with Gasteiger partial charge in [0.15, 0.2) is 0 Å². The van der Waals surface area contributed by atoms with Gasteiger partial charge in [-0.25, -0.2) is 20.0 Å². The summed E-state index contributed by atoms with van der Waals surface area (Å²) >= 11 is 3.63. The van der Waals surface area contributed by atoms with Crippen molar-refractivity contribution in [3.05, 3.63) is 94.1 Å². The Morgan fingerprint density at radius 3 is 1.72 bits per heavy atom. The topological polar surface area (TPSA) is 49.4 Å². The Bertz CT molecular complexity index is 1080. The Morgan fingerprint density at radius 1 is 0.520 bits per heavy atom. The first-order chi connectivity index (χ1) is 12.2. The number of hydrogen-bond donors (Lipinski definition) is 0. The van der Waals surface area contributed by atoms with E-state index in [1.165, 1.54) is 0 Å². The second kappa shape index (κ2) is 5.57. The van der Waals surface area contributed by atoms with Crippen LogP contribution in [-0.4, -0.2) is 22.8 Å². The van der Waals surface area contributed by atoms with Crippen molar-refractivity contribution >= 4 is 38.8 Å². The number of allylic oxidation sites excluding steroid dienone is 12. The third-order valence-electron chi connectivity index (χ3n) is 4.03. The average Bonchev–Trinajstić information content (AvgIpc) is 3.36. The van der Waals surface area contributed by atoms with E-state index >= 15 is 0 Å². The van der Waals surface area contributed by atoms with E-state index in [4.69, 9.17) is 0 Å². The van der Waals surface area contributed by atoms with E-state index in [0.29, 0.717) is 0 Å². The molecule has 5 heterocycles. The largest absolute Gasteiger partial charge is 0.249 e. The average molecular weight is 387 g/mol. The molecule has 5 aliphatic heterocycles. The Hall–Kier alpha value is -2.92. The van der Waals surface area contributed by atoms with Crippen molar-refractivity contribution in [1.29, 1.82) is 0 Å². The molecule has 0 atom stereocenters. The quantitative estimate of drug-likeness (QED) is 0.595. The fraction of sp³-hybridized carbons (Fsp3) is 0. The van der Waals surface area contributed by atoms with Crippen LogP contribution in [0, 0.1) is 0 Å². The first-order valence-corrected chi connectivity index (χ1v) is 8.65. The second-order valence-corrected chi connectivity index (χ2v) is 6.64. The fourth-order valence-corrected chi connectivity index (χ4v) is 3.30. The van der Waals surface area contributed by atoms with Gasteiger partial charge in [-0.2, -0.15) is 0 Å². The highest BCUT2D eigenvalue weighted by atomic mass is 79.9. The molecule has 118 valence electrons. The monoisotopic (exact) mass is 386 g/mol. The van der Waals surface area contributed by atoms with Gasteiger partial charge in [-0.1, -0.05) is 0 Å². The maximum absolute atomic E-state index is 4.65. The van der Waals surface area contributed by atoms with Gasteiger partial charge in [0.2, 0.25) is 0 Å². The molecule has 5 heteroatoms. The zero-order valence-corrected chi connectivity index (χ0v) is 14.6. The maximum Gasteiger partial charge on any atom is 0.0801 e. The molecule has 25 heavy (non-hydrogen) atoms. The minimum absolute atomic E-state index is 0.857. The van der Waals surface area contributed by atoms with Crippen LogP contribution in [0.15, 0.2) is 114 Å². The highest BCUT2D eigenvalue weighted by molar-refractivity contribution is 9.12. The van der Waals surface area contributed by atoms with Crippen molar-refractivity contribution in [2.45, 2.75) is 0 Å². The van der Waals surface area contributed by atoms with Gasteiger partial charge in [-0.3, -0.25) is 0 Å². The molecule has 0 N–H and O–H groups in total. The Balaban J connectivity index is 1.68. The molecule has 0 unspecified atom stereocenters. The van der Waals surface area contributed by atoms with Gasteiger partial charge in [0.1, 0.15) is 0 Å². The highest BCUT2D eigenvalue weighted by Crippen LogP contribution is 2.26. The van der Waals surface area contributed by atoms with Crippen LogP contribution in [0.2, 0.25) is 0 Å². The fourth-order valence-electron chi connectivity index (χ4n) is 2.86. The molecule has 0 radical (unpaired) electrons. The maximum atomic E-state index is 4.65. The Labute approximate surface area is 153 Å². The van der Waals surface area contributed by atoms with Crippen molar-refractivity contribution in [2.24, 2.45) is 20.0 Å². The van der Waals surface area contributed by atoms with Gasteiger partial charge < -0.3 is 0 Å². The molecule has 0 amide bonds. The molecule has 5 aliphatic rings. The molecule has 0 saturated heterocycles. The van der Waals surface area contributed by atoms with E-state index in [1.807, 2.05) is 66.8 Å². The predicted molar refractivity (Wildman–Crippen MR) is 107 cm³/mol. The van der Waals surface area contributed by atoms with E-state index in [9.17, 15) is 0 Å². The molecular weight excluding hydrogens is 376 g/mol. The lowest BCUT2D eigenvalue weighted by Gasteiger charge is -1.98. The smallest absolute Gasteiger partial charge is 0.0801 e. The van der Waals surface area contributed by atoms with E-state index in [1.54, 1.807) is 0 Å². The normalized spacial score (nSPS) is 22.7. The minimum atomic E-state index is 0.857. The van der Waals surface area contributed by atoms with Crippen molar-refractivity contribution in [1.82, 2.24) is 0 Å². The van der Waals surface area contributed by atoms with Crippen LogP contribution < -0.4 is 0 Å². The van der Waals surface area contributed by atoms with E-state index < -0.39 is 0 Å². The van der Waals surface area contributed by atoms with Crippen LogP contribution in [0.4, 0.5) is 0 Å². The predicted octanol–water partition coefficient (Wildman–Crippen LogP) is 4.30. The molecule has 0 aromatic carbocycles. The highest BCUT2D eigenvalue weighted by Gasteiger charge is 2.15. The first-order valence-electron chi connectivity index (χ1n) is 7.85. The van der Waals surface area contributed by atoms with Gasteiger partial charge in [0, 0.05) is 0 Å². The van der Waals surface area contributed by atoms with Crippen molar-refractivity contribution in [2.75, 3.05) is 0 Å². The van der Waals surface area contributed by atoms with Crippen LogP contribution in [-0.2, 0) is 0 Å². The third-order valence-corrected chi connectivity index (χ3v) is 4.84. The second-order valence-electron chi connectivity index (χ2n) is 5.85. The molecule has 5 rings (SSSR count). The standard InChI is InChI=1S/C20H11BrN4/c21-20-18-7-5-16(24-18)10-14-3-1-12(22-14)9-13-2-4-15(23-13)11-17-6-8-19(20)25-17/h1-11H. The van der Waals surface area contributed by atoms with Gasteiger partial charge in [0.05, 0.1) is 50.1 Å². The molecular formula is C20H11BrN4. The first kappa shape index (κ1) is 14.4. The zero-order chi connectivity index (χ0) is 16.8. The molecule has 0 fully saturated rings. The van der Waals surface area contributed by atoms with Gasteiger partial charge in [-0.15, -0.1) is 0 Å². The van der Waals surface area contributed by atoms with Gasteiger partial charge in [0.25, 0.3) is 0 Å². The van der Waals surface area contributed by atoms with Crippen LogP contribution in [0.5, 0.6) is 0 Å². The Morgan fingerprint density at radius 2 is 1.04 bits per heavy atom. The lowest BCUT2D eigenvalue weighted by molar-refractivity contribution is 1.41. The minimum Gasteiger partial charge on any atom is -0.249 e. The molecule has 0 aliphatic carbocycles. The van der Waals surface area contributed by atoms with Gasteiger partial charge >= 0.3 is 0 Å². The van der Waals surface area contributed by atoms with Crippen molar-refractivity contribution < 1.29 is 0 Å². The van der Waals surface area contributed by atoms with Crippen LogP contribution in [0.25, 0.3) is 0 Å². The zero-order valence-electron chi connectivity index (χ0n) is 13.0. The number of hydrogen-bond acceptors (Lipinski definition) is 4. The summed E-state index contributed by atoms with van der Waals surface area (Å²) in [5, 5.41) is 0. The van der Waals surface area contributed by atoms with Crippen molar-refractivity contribution in [3.8, 4) is 0 Å². The van der Waals surface area contributed by atoms with Crippen LogP contribution in [0.1, 0.15) is 0 Å². The number of fused-ring (bicyclic) bond motifs is 4. The van der Waals surface area contributed by atoms with E-state index in [2.05, 4.69) is 35.9 Å². The third kappa shape index (κ3) is 2.72. The SMILES string of the molecule is BrC1=C2C=CC(=N2)C=C2C=CC(=N2)C=C2C=CC(=N2)C=C2C=CC1=N2. The summed E-state index contributed by atoms with van der Waals surface area (Å²) in [7, 11) is 0. The lowest BCUT2D eigenvalue weighted by atomic mass is 10.2. The number of nitrogens with zero attached hydrogens (tertiary/aromatic N) is 4. The molecule has 0 spiro atoms. The summed E-state index contributed by atoms with van der Waals surface area (Å²) in [6, 6.07) is 0. The molecule has 8 bridgehead atoms. The van der Waals surface area contributed by atoms with Crippen LogP contribution in [0.3, 0.4) is 0 Å². The number of rotatable bonds is 0. The van der Waals surface area contributed by atoms with E-state index in [0.717, 1.165) is 50.1 Å². The van der Waals surface area contributed by atoms with Crippen LogP contribution >= 0.6 is 15.9 Å². The lowest BCUT2D eigenvalue weighted by Crippen LogP contribution is -1.93. The van der Waals surface area contributed by atoms with Gasteiger partial charge in [-0.05, 0) is 82.8 Å². The summed E-state index contributed by atoms with van der Waals surface area (Å²) in [5.74, 6) is 0. The summed E-state index contributed by atoms with van der Waals surface area (Å²) in [6.45, 7) is 0. The van der Waals surface area contributed by atoms with E-state index in [-0.39, 0.29) is 0 Å². The Kier molecular flexibility index (Phi) is 3.21. The number of halogens is 1. The molecule has 4 nitrogen and oxygen atoms in total. The molecule has 0 aromatic rings. The molecule has 0 saturated carbocycles. The molecule has 0 aromatic heterocycles.